The van der Waals surface area contributed by atoms with Gasteiger partial charge >= 0.3 is 0 Å². The molecule has 32 heavy (non-hydrogen) atoms. The van der Waals surface area contributed by atoms with Gasteiger partial charge in [-0.2, -0.15) is 0 Å². The number of anilines is 2. The summed E-state index contributed by atoms with van der Waals surface area (Å²) in [4.78, 5) is 24.1. The number of carbonyl (C=O) groups is 2. The van der Waals surface area contributed by atoms with Crippen molar-refractivity contribution in [2.45, 2.75) is 24.8 Å². The zero-order valence-corrected chi connectivity index (χ0v) is 18.9. The number of hydrogen-bond acceptors (Lipinski definition) is 4. The maximum atomic E-state index is 13.0. The monoisotopic (exact) mass is 451 g/mol. The van der Waals surface area contributed by atoms with Crippen LogP contribution in [0.25, 0.3) is 0 Å². The molecule has 0 spiro atoms. The Kier molecular flexibility index (Phi) is 6.95. The Morgan fingerprint density at radius 1 is 0.906 bits per heavy atom. The minimum atomic E-state index is -3.83. The van der Waals surface area contributed by atoms with Gasteiger partial charge in [0, 0.05) is 25.2 Å². The van der Waals surface area contributed by atoms with Crippen molar-refractivity contribution >= 4 is 33.2 Å². The summed E-state index contributed by atoms with van der Waals surface area (Å²) >= 11 is 0. The average molecular weight is 452 g/mol. The van der Waals surface area contributed by atoms with Crippen molar-refractivity contribution in [2.24, 2.45) is 0 Å². The normalized spacial score (nSPS) is 12.0. The third-order valence-corrected chi connectivity index (χ3v) is 6.71. The predicted octanol–water partition coefficient (Wildman–Crippen LogP) is 3.96. The van der Waals surface area contributed by atoms with E-state index in [1.807, 2.05) is 19.1 Å². The Hall–Kier alpha value is -3.65. The van der Waals surface area contributed by atoms with Gasteiger partial charge in [0.05, 0.1) is 16.6 Å². The van der Waals surface area contributed by atoms with Gasteiger partial charge in [0.2, 0.25) is 5.91 Å². The smallest absolute Gasteiger partial charge is 0.264 e. The fourth-order valence-electron chi connectivity index (χ4n) is 3.18. The Morgan fingerprint density at radius 3 is 2.28 bits per heavy atom. The van der Waals surface area contributed by atoms with Gasteiger partial charge in [-0.3, -0.25) is 13.9 Å². The van der Waals surface area contributed by atoms with E-state index >= 15 is 0 Å². The Balaban J connectivity index is 1.79. The van der Waals surface area contributed by atoms with Gasteiger partial charge in [-0.05, 0) is 55.0 Å². The van der Waals surface area contributed by atoms with Gasteiger partial charge < -0.3 is 10.6 Å². The first kappa shape index (κ1) is 23.0. The fraction of sp³-hybridized carbons (Fsp3) is 0.167. The highest BCUT2D eigenvalue weighted by Gasteiger charge is 2.22. The first-order valence-electron chi connectivity index (χ1n) is 10.0. The molecule has 3 rings (SSSR count). The van der Waals surface area contributed by atoms with E-state index in [0.29, 0.717) is 11.4 Å². The topological polar surface area (TPSA) is 95.6 Å². The van der Waals surface area contributed by atoms with Crippen molar-refractivity contribution in [2.75, 3.05) is 16.7 Å². The van der Waals surface area contributed by atoms with Gasteiger partial charge in [-0.15, -0.1) is 0 Å². The lowest BCUT2D eigenvalue weighted by Crippen LogP contribution is -2.28. The third-order valence-electron chi connectivity index (χ3n) is 4.93. The van der Waals surface area contributed by atoms with Gasteiger partial charge in [-0.25, -0.2) is 8.42 Å². The quantitative estimate of drug-likeness (QED) is 0.568. The van der Waals surface area contributed by atoms with E-state index in [1.54, 1.807) is 54.6 Å². The molecule has 3 aromatic rings. The summed E-state index contributed by atoms with van der Waals surface area (Å²) in [5, 5.41) is 5.58. The molecule has 0 aliphatic heterocycles. The summed E-state index contributed by atoms with van der Waals surface area (Å²) in [5.74, 6) is -0.584. The van der Waals surface area contributed by atoms with Crippen molar-refractivity contribution in [1.82, 2.24) is 5.32 Å². The lowest BCUT2D eigenvalue weighted by molar-refractivity contribution is -0.114. The molecule has 0 saturated heterocycles. The number of carbonyl (C=O) groups excluding carboxylic acids is 2. The largest absolute Gasteiger partial charge is 0.346 e. The fourth-order valence-corrected chi connectivity index (χ4v) is 4.43. The lowest BCUT2D eigenvalue weighted by atomic mass is 10.1. The number of sulfonamides is 1. The number of nitrogens with one attached hydrogen (secondary N) is 2. The summed E-state index contributed by atoms with van der Waals surface area (Å²) in [6, 6.07) is 21.5. The van der Waals surface area contributed by atoms with Crippen LogP contribution in [0.5, 0.6) is 0 Å². The van der Waals surface area contributed by atoms with Crippen LogP contribution in [0.4, 0.5) is 11.4 Å². The molecule has 3 aromatic carbocycles. The highest BCUT2D eigenvalue weighted by Crippen LogP contribution is 2.23. The third kappa shape index (κ3) is 5.33. The Morgan fingerprint density at radius 2 is 1.59 bits per heavy atom. The van der Waals surface area contributed by atoms with Gasteiger partial charge in [0.25, 0.3) is 15.9 Å². The first-order valence-corrected chi connectivity index (χ1v) is 11.4. The van der Waals surface area contributed by atoms with Crippen molar-refractivity contribution in [3.8, 4) is 0 Å². The first-order chi connectivity index (χ1) is 15.2. The molecule has 7 nitrogen and oxygen atoms in total. The summed E-state index contributed by atoms with van der Waals surface area (Å²) < 4.78 is 27.3. The van der Waals surface area contributed by atoms with Crippen LogP contribution in [-0.2, 0) is 14.8 Å². The predicted molar refractivity (Wildman–Crippen MR) is 125 cm³/mol. The van der Waals surface area contributed by atoms with Crippen LogP contribution in [-0.4, -0.2) is 27.3 Å². The minimum Gasteiger partial charge on any atom is -0.346 e. The molecule has 0 heterocycles. The zero-order chi connectivity index (χ0) is 23.3. The summed E-state index contributed by atoms with van der Waals surface area (Å²) in [7, 11) is -2.36. The van der Waals surface area contributed by atoms with E-state index in [-0.39, 0.29) is 22.4 Å². The van der Waals surface area contributed by atoms with Crippen LogP contribution in [0.1, 0.15) is 35.8 Å². The van der Waals surface area contributed by atoms with Crippen LogP contribution in [0, 0.1) is 0 Å². The van der Waals surface area contributed by atoms with Gasteiger partial charge in [-0.1, -0.05) is 36.4 Å². The molecule has 1 atom stereocenters. The molecule has 0 bridgehead atoms. The molecule has 0 radical (unpaired) electrons. The maximum absolute atomic E-state index is 13.0. The Bertz CT molecular complexity index is 1230. The van der Waals surface area contributed by atoms with Crippen molar-refractivity contribution in [3.63, 3.8) is 0 Å². The minimum absolute atomic E-state index is 0.0248. The average Bonchev–Trinajstić information content (AvgIpc) is 2.79. The molecule has 2 N–H and O–H groups in total. The van der Waals surface area contributed by atoms with Crippen molar-refractivity contribution in [1.29, 1.82) is 0 Å². The Labute approximate surface area is 188 Å². The molecule has 0 saturated carbocycles. The number of nitrogens with zero attached hydrogens (tertiary/aromatic N) is 1. The highest BCUT2D eigenvalue weighted by molar-refractivity contribution is 7.92. The van der Waals surface area contributed by atoms with Crippen LogP contribution in [0.15, 0.2) is 83.8 Å². The molecule has 0 aromatic heterocycles. The van der Waals surface area contributed by atoms with E-state index in [2.05, 4.69) is 10.6 Å². The van der Waals surface area contributed by atoms with Crippen LogP contribution in [0.3, 0.4) is 0 Å². The zero-order valence-electron chi connectivity index (χ0n) is 18.1. The lowest BCUT2D eigenvalue weighted by Gasteiger charge is -2.20. The second kappa shape index (κ2) is 9.65. The number of hydrogen-bond donors (Lipinski definition) is 2. The van der Waals surface area contributed by atoms with E-state index in [0.717, 1.165) is 5.56 Å². The van der Waals surface area contributed by atoms with Crippen molar-refractivity contribution in [3.05, 3.63) is 90.0 Å². The standard InChI is InChI=1S/C24H25N3O4S/c1-17(19-9-7-11-21(15-19)26-18(2)28)25-24(29)20-10-8-14-23(16-20)32(30,31)27(3)22-12-5-4-6-13-22/h4-17H,1-3H3,(H,25,29)(H,26,28). The van der Waals surface area contributed by atoms with Gasteiger partial charge in [0.15, 0.2) is 0 Å². The molecule has 8 heteroatoms. The molecule has 0 aliphatic rings. The second-order valence-electron chi connectivity index (χ2n) is 7.34. The number of para-hydroxylation sites is 1. The molecular formula is C24H25N3O4S. The number of amides is 2. The highest BCUT2D eigenvalue weighted by atomic mass is 32.2. The van der Waals surface area contributed by atoms with Crippen LogP contribution >= 0.6 is 0 Å². The van der Waals surface area contributed by atoms with Gasteiger partial charge in [0.1, 0.15) is 0 Å². The van der Waals surface area contributed by atoms with Crippen LogP contribution < -0.4 is 14.9 Å². The SMILES string of the molecule is CC(=O)Nc1cccc(C(C)NC(=O)c2cccc(S(=O)(=O)N(C)c3ccccc3)c2)c1. The number of benzene rings is 3. The van der Waals surface area contributed by atoms with E-state index in [1.165, 1.54) is 30.4 Å². The number of rotatable bonds is 7. The van der Waals surface area contributed by atoms with Crippen LogP contribution in [0.2, 0.25) is 0 Å². The summed E-state index contributed by atoms with van der Waals surface area (Å²) in [6.07, 6.45) is 0. The molecule has 0 fully saturated rings. The van der Waals surface area contributed by atoms with E-state index in [9.17, 15) is 18.0 Å². The molecule has 166 valence electrons. The summed E-state index contributed by atoms with van der Waals surface area (Å²) in [5.41, 5.74) is 2.19. The molecule has 0 aliphatic carbocycles. The maximum Gasteiger partial charge on any atom is 0.264 e. The van der Waals surface area contributed by atoms with E-state index < -0.39 is 15.9 Å². The summed E-state index contributed by atoms with van der Waals surface area (Å²) in [6.45, 7) is 3.24. The molecular weight excluding hydrogens is 426 g/mol. The van der Waals surface area contributed by atoms with Crippen molar-refractivity contribution < 1.29 is 18.0 Å². The second-order valence-corrected chi connectivity index (χ2v) is 9.31. The molecule has 1 unspecified atom stereocenters. The van der Waals surface area contributed by atoms with E-state index in [4.69, 9.17) is 0 Å². The molecule has 2 amide bonds.